The van der Waals surface area contributed by atoms with Gasteiger partial charge in [-0.2, -0.15) is 0 Å². The maximum Gasteiger partial charge on any atom is 0.320 e. The topological polar surface area (TPSA) is 71.8 Å². The molecule has 2 N–H and O–H groups in total. The lowest BCUT2D eigenvalue weighted by Gasteiger charge is -2.07. The monoisotopic (exact) mass is 313 g/mol. The number of urea groups is 1. The first-order chi connectivity index (χ1) is 10.7. The number of hydrogen-bond donors (Lipinski definition) is 3. The number of rotatable bonds is 4. The van der Waals surface area contributed by atoms with Gasteiger partial charge in [0, 0.05) is 12.7 Å². The molecule has 0 unspecified atom stereocenters. The van der Waals surface area contributed by atoms with Gasteiger partial charge in [0.05, 0.1) is 6.20 Å². The first kappa shape index (κ1) is 14.4. The van der Waals surface area contributed by atoms with Crippen molar-refractivity contribution in [1.82, 2.24) is 19.3 Å². The van der Waals surface area contributed by atoms with Gasteiger partial charge < -0.3 is 5.32 Å². The van der Waals surface area contributed by atoms with Crippen LogP contribution in [-0.4, -0.2) is 26.5 Å². The second-order valence-electron chi connectivity index (χ2n) is 4.74. The number of nitrogens with zero attached hydrogens (tertiary/aromatic N) is 3. The second-order valence-corrected chi connectivity index (χ2v) is 5.17. The van der Waals surface area contributed by atoms with E-state index in [9.17, 15) is 4.79 Å². The van der Waals surface area contributed by atoms with Crippen LogP contribution in [0.4, 0.5) is 10.6 Å². The maximum atomic E-state index is 11.8. The Kier molecular flexibility index (Phi) is 4.24. The van der Waals surface area contributed by atoms with Crippen molar-refractivity contribution in [3.05, 3.63) is 54.4 Å². The highest BCUT2D eigenvalue weighted by atomic mass is 32.1. The first-order valence-electron chi connectivity index (χ1n) is 6.84. The number of fused-ring (bicyclic) bond motifs is 1. The molecular formula is C15H15N5OS. The smallest absolute Gasteiger partial charge is 0.320 e. The Morgan fingerprint density at radius 1 is 1.23 bits per heavy atom. The SMILES string of the molecule is O=C(NCCc1ccccc1)Nc1cnc2c(ccn2S)n1. The van der Waals surface area contributed by atoms with Gasteiger partial charge in [0.15, 0.2) is 11.5 Å². The standard InChI is InChI=1S/C15H15N5OS/c21-15(16-8-6-11-4-2-1-3-5-11)19-13-10-17-14-12(18-13)7-9-20(14)22/h1-5,7,9-10,22H,6,8H2,(H2,16,18,19,21). The highest BCUT2D eigenvalue weighted by Crippen LogP contribution is 2.14. The molecule has 0 saturated heterocycles. The molecule has 1 aromatic carbocycles. The van der Waals surface area contributed by atoms with Gasteiger partial charge >= 0.3 is 6.03 Å². The molecule has 0 bridgehead atoms. The third-order valence-corrected chi connectivity index (χ3v) is 3.48. The van der Waals surface area contributed by atoms with Crippen molar-refractivity contribution in [2.24, 2.45) is 0 Å². The Bertz CT molecular complexity index is 787. The fourth-order valence-electron chi connectivity index (χ4n) is 2.08. The zero-order chi connectivity index (χ0) is 15.4. The summed E-state index contributed by atoms with van der Waals surface area (Å²) in [5, 5.41) is 5.47. The molecule has 0 saturated carbocycles. The van der Waals surface area contributed by atoms with Gasteiger partial charge in [-0.15, -0.1) is 0 Å². The molecule has 0 radical (unpaired) electrons. The minimum atomic E-state index is -0.296. The number of amides is 2. The highest BCUT2D eigenvalue weighted by molar-refractivity contribution is 7.78. The third kappa shape index (κ3) is 3.37. The second kappa shape index (κ2) is 6.48. The van der Waals surface area contributed by atoms with Gasteiger partial charge in [-0.1, -0.05) is 43.1 Å². The number of thiol groups is 1. The van der Waals surface area contributed by atoms with Crippen molar-refractivity contribution in [3.63, 3.8) is 0 Å². The molecule has 0 atom stereocenters. The van der Waals surface area contributed by atoms with E-state index < -0.39 is 0 Å². The summed E-state index contributed by atoms with van der Waals surface area (Å²) in [6, 6.07) is 11.5. The van der Waals surface area contributed by atoms with Crippen molar-refractivity contribution in [3.8, 4) is 0 Å². The van der Waals surface area contributed by atoms with Crippen LogP contribution in [0.2, 0.25) is 0 Å². The van der Waals surface area contributed by atoms with Gasteiger partial charge in [0.1, 0.15) is 5.52 Å². The lowest BCUT2D eigenvalue weighted by Crippen LogP contribution is -2.30. The summed E-state index contributed by atoms with van der Waals surface area (Å²) >= 11 is 4.20. The van der Waals surface area contributed by atoms with E-state index in [0.717, 1.165) is 6.42 Å². The van der Waals surface area contributed by atoms with Crippen molar-refractivity contribution in [1.29, 1.82) is 0 Å². The number of aromatic nitrogens is 3. The minimum absolute atomic E-state index is 0.296. The molecule has 22 heavy (non-hydrogen) atoms. The molecule has 0 fully saturated rings. The van der Waals surface area contributed by atoms with Crippen LogP contribution in [0.1, 0.15) is 5.56 Å². The predicted molar refractivity (Wildman–Crippen MR) is 89.1 cm³/mol. The van der Waals surface area contributed by atoms with Crippen molar-refractivity contribution >= 4 is 35.8 Å². The summed E-state index contributed by atoms with van der Waals surface area (Å²) in [6.07, 6.45) is 4.03. The summed E-state index contributed by atoms with van der Waals surface area (Å²) in [5.41, 5.74) is 2.51. The molecule has 3 rings (SSSR count). The van der Waals surface area contributed by atoms with Crippen molar-refractivity contribution in [2.75, 3.05) is 11.9 Å². The van der Waals surface area contributed by atoms with E-state index in [4.69, 9.17) is 0 Å². The Balaban J connectivity index is 1.54. The number of nitrogens with one attached hydrogen (secondary N) is 2. The molecule has 0 aliphatic carbocycles. The number of carbonyl (C=O) groups excluding carboxylic acids is 1. The average molecular weight is 313 g/mol. The number of hydrogen-bond acceptors (Lipinski definition) is 4. The normalized spacial score (nSPS) is 10.6. The van der Waals surface area contributed by atoms with Crippen LogP contribution in [0.25, 0.3) is 11.2 Å². The zero-order valence-electron chi connectivity index (χ0n) is 11.7. The molecule has 0 aliphatic heterocycles. The minimum Gasteiger partial charge on any atom is -0.337 e. The molecule has 2 heterocycles. The number of benzene rings is 1. The van der Waals surface area contributed by atoms with Crippen molar-refractivity contribution in [2.45, 2.75) is 6.42 Å². The van der Waals surface area contributed by atoms with E-state index in [0.29, 0.717) is 23.5 Å². The van der Waals surface area contributed by atoms with E-state index in [-0.39, 0.29) is 6.03 Å². The van der Waals surface area contributed by atoms with Crippen LogP contribution in [0, 0.1) is 0 Å². The lowest BCUT2D eigenvalue weighted by atomic mass is 10.1. The van der Waals surface area contributed by atoms with Crippen molar-refractivity contribution < 1.29 is 4.79 Å². The maximum absolute atomic E-state index is 11.8. The third-order valence-electron chi connectivity index (χ3n) is 3.15. The van der Waals surface area contributed by atoms with Gasteiger partial charge in [-0.05, 0) is 18.1 Å². The van der Waals surface area contributed by atoms with Crippen LogP contribution in [0.15, 0.2) is 48.8 Å². The highest BCUT2D eigenvalue weighted by Gasteiger charge is 2.06. The Hall–Kier alpha value is -2.54. The average Bonchev–Trinajstić information content (AvgIpc) is 2.89. The van der Waals surface area contributed by atoms with Gasteiger partial charge in [-0.3, -0.25) is 9.29 Å². The Morgan fingerprint density at radius 3 is 2.86 bits per heavy atom. The fourth-order valence-corrected chi connectivity index (χ4v) is 2.30. The van der Waals surface area contributed by atoms with Crippen LogP contribution >= 0.6 is 12.8 Å². The lowest BCUT2D eigenvalue weighted by molar-refractivity contribution is 0.252. The molecule has 112 valence electrons. The number of anilines is 1. The van der Waals surface area contributed by atoms with E-state index in [1.54, 1.807) is 16.2 Å². The van der Waals surface area contributed by atoms with E-state index in [2.05, 4.69) is 33.4 Å². The molecule has 2 aromatic heterocycles. The summed E-state index contributed by atoms with van der Waals surface area (Å²) < 4.78 is 1.58. The van der Waals surface area contributed by atoms with Gasteiger partial charge in [-0.25, -0.2) is 14.8 Å². The van der Waals surface area contributed by atoms with Crippen LogP contribution in [0.5, 0.6) is 0 Å². The molecular weight excluding hydrogens is 298 g/mol. The summed E-state index contributed by atoms with van der Waals surface area (Å²) in [4.78, 5) is 20.3. The predicted octanol–water partition coefficient (Wildman–Crippen LogP) is 2.49. The summed E-state index contributed by atoms with van der Waals surface area (Å²) in [6.45, 7) is 0.554. The van der Waals surface area contributed by atoms with Crippen LogP contribution in [-0.2, 0) is 6.42 Å². The molecule has 3 aromatic rings. The molecule has 0 aliphatic rings. The Labute approximate surface area is 133 Å². The van der Waals surface area contributed by atoms with E-state index in [1.807, 2.05) is 30.3 Å². The van der Waals surface area contributed by atoms with Crippen LogP contribution in [0.3, 0.4) is 0 Å². The van der Waals surface area contributed by atoms with E-state index in [1.165, 1.54) is 11.8 Å². The van der Waals surface area contributed by atoms with Gasteiger partial charge in [0.2, 0.25) is 0 Å². The zero-order valence-corrected chi connectivity index (χ0v) is 12.6. The molecule has 2 amide bonds. The summed E-state index contributed by atoms with van der Waals surface area (Å²) in [5.74, 6) is 0.407. The number of carbonyl (C=O) groups is 1. The van der Waals surface area contributed by atoms with Gasteiger partial charge in [0.25, 0.3) is 0 Å². The van der Waals surface area contributed by atoms with E-state index >= 15 is 0 Å². The molecule has 0 spiro atoms. The van der Waals surface area contributed by atoms with Crippen LogP contribution < -0.4 is 10.6 Å². The summed E-state index contributed by atoms with van der Waals surface area (Å²) in [7, 11) is 0. The largest absolute Gasteiger partial charge is 0.337 e. The fraction of sp³-hybridized carbons (Fsp3) is 0.133. The molecule has 6 nitrogen and oxygen atoms in total. The first-order valence-corrected chi connectivity index (χ1v) is 7.24. The Morgan fingerprint density at radius 2 is 2.05 bits per heavy atom. The molecule has 7 heteroatoms. The quantitative estimate of drug-likeness (QED) is 0.648.